The molecule has 4 rings (SSSR count). The summed E-state index contributed by atoms with van der Waals surface area (Å²) in [6.45, 7) is 0.497. The minimum absolute atomic E-state index is 0.0234. The van der Waals surface area contributed by atoms with E-state index in [4.69, 9.17) is 9.47 Å². The predicted molar refractivity (Wildman–Crippen MR) is 114 cm³/mol. The third-order valence-electron chi connectivity index (χ3n) is 5.95. The number of alkyl carbamates (subject to hydrolysis) is 1. The first kappa shape index (κ1) is 21.2. The fraction of sp³-hybridized carbons (Fsp3) is 0.391. The first-order valence-electron chi connectivity index (χ1n) is 10.2. The Morgan fingerprint density at radius 3 is 2.65 bits per heavy atom. The number of nitrogens with zero attached hydrogens (tertiary/aromatic N) is 1. The summed E-state index contributed by atoms with van der Waals surface area (Å²) in [6.07, 6.45) is 0.679. The number of hydrogen-bond donors (Lipinski definition) is 1. The Labute approximate surface area is 181 Å². The van der Waals surface area contributed by atoms with Gasteiger partial charge in [-0.3, -0.25) is 0 Å². The molecule has 162 valence electrons. The molecular formula is C23H24N2O5S. The number of benzene rings is 2. The van der Waals surface area contributed by atoms with Gasteiger partial charge in [-0.25, -0.2) is 13.2 Å². The molecule has 1 N–H and O–H groups in total. The molecule has 2 aliphatic rings. The van der Waals surface area contributed by atoms with Crippen LogP contribution in [0.4, 0.5) is 4.79 Å². The standard InChI is InChI=1S/C23H24N2O5S/c24-16-23(8-10-31(27,28)11-9-23)19-7-6-18-12-20(15-29-21(18)13-19)25-22(26)30-14-17-4-2-1-3-5-17/h1-7,13,20H,8-12,14-15H2,(H,25,26)/t20-/m1/s1. The topological polar surface area (TPSA) is 105 Å². The van der Waals surface area contributed by atoms with Crippen LogP contribution in [0, 0.1) is 11.3 Å². The molecule has 1 atom stereocenters. The zero-order valence-corrected chi connectivity index (χ0v) is 17.9. The van der Waals surface area contributed by atoms with E-state index in [1.165, 1.54) is 0 Å². The number of ether oxygens (including phenoxy) is 2. The van der Waals surface area contributed by atoms with Gasteiger partial charge in [0.15, 0.2) is 0 Å². The van der Waals surface area contributed by atoms with Crippen molar-refractivity contribution in [1.82, 2.24) is 5.32 Å². The highest BCUT2D eigenvalue weighted by molar-refractivity contribution is 7.91. The Balaban J connectivity index is 1.38. The van der Waals surface area contributed by atoms with E-state index in [0.29, 0.717) is 31.6 Å². The second kappa shape index (κ2) is 8.60. The third kappa shape index (κ3) is 4.83. The van der Waals surface area contributed by atoms with Gasteiger partial charge in [0.05, 0.1) is 29.0 Å². The highest BCUT2D eigenvalue weighted by Crippen LogP contribution is 2.39. The van der Waals surface area contributed by atoms with Crippen molar-refractivity contribution >= 4 is 15.9 Å². The fourth-order valence-corrected chi connectivity index (χ4v) is 5.57. The molecule has 0 saturated carbocycles. The van der Waals surface area contributed by atoms with E-state index in [1.807, 2.05) is 48.5 Å². The maximum atomic E-state index is 12.1. The normalized spacial score (nSPS) is 21.1. The minimum Gasteiger partial charge on any atom is -0.491 e. The van der Waals surface area contributed by atoms with Gasteiger partial charge in [-0.1, -0.05) is 42.5 Å². The molecule has 7 nitrogen and oxygen atoms in total. The zero-order valence-electron chi connectivity index (χ0n) is 17.0. The smallest absolute Gasteiger partial charge is 0.407 e. The van der Waals surface area contributed by atoms with Crippen LogP contribution in [0.3, 0.4) is 0 Å². The average molecular weight is 441 g/mol. The van der Waals surface area contributed by atoms with E-state index in [2.05, 4.69) is 11.4 Å². The monoisotopic (exact) mass is 440 g/mol. The second-order valence-electron chi connectivity index (χ2n) is 8.09. The van der Waals surface area contributed by atoms with E-state index in [-0.39, 0.29) is 24.2 Å². The minimum atomic E-state index is -3.07. The molecule has 1 fully saturated rings. The molecule has 1 amide bonds. The lowest BCUT2D eigenvalue weighted by molar-refractivity contribution is 0.128. The van der Waals surface area contributed by atoms with Gasteiger partial charge < -0.3 is 14.8 Å². The van der Waals surface area contributed by atoms with Crippen LogP contribution in [0.1, 0.15) is 29.5 Å². The second-order valence-corrected chi connectivity index (χ2v) is 10.4. The summed E-state index contributed by atoms with van der Waals surface area (Å²) >= 11 is 0. The molecule has 31 heavy (non-hydrogen) atoms. The lowest BCUT2D eigenvalue weighted by Crippen LogP contribution is -2.43. The molecule has 1 saturated heterocycles. The van der Waals surface area contributed by atoms with Gasteiger partial charge in [-0.05, 0) is 42.0 Å². The number of carbonyl (C=O) groups is 1. The van der Waals surface area contributed by atoms with Gasteiger partial charge in [0.1, 0.15) is 28.8 Å². The Kier molecular flexibility index (Phi) is 5.88. The molecule has 8 heteroatoms. The molecule has 0 aromatic heterocycles. The van der Waals surface area contributed by atoms with Crippen LogP contribution >= 0.6 is 0 Å². The Bertz CT molecular complexity index is 1090. The van der Waals surface area contributed by atoms with Crippen molar-refractivity contribution in [3.63, 3.8) is 0 Å². The highest BCUT2D eigenvalue weighted by atomic mass is 32.2. The van der Waals surface area contributed by atoms with Crippen molar-refractivity contribution in [3.05, 3.63) is 65.2 Å². The van der Waals surface area contributed by atoms with Crippen molar-refractivity contribution in [2.45, 2.75) is 37.3 Å². The quantitative estimate of drug-likeness (QED) is 0.784. The number of hydrogen-bond acceptors (Lipinski definition) is 6. The lowest BCUT2D eigenvalue weighted by Gasteiger charge is -2.32. The Morgan fingerprint density at radius 1 is 1.19 bits per heavy atom. The molecule has 0 radical (unpaired) electrons. The number of nitriles is 1. The SMILES string of the molecule is N#CC1(c2ccc3c(c2)OC[C@H](NC(=O)OCc2ccccc2)C3)CCS(=O)(=O)CC1. The van der Waals surface area contributed by atoms with Gasteiger partial charge >= 0.3 is 6.09 Å². The highest BCUT2D eigenvalue weighted by Gasteiger charge is 2.39. The molecule has 0 unspecified atom stereocenters. The summed E-state index contributed by atoms with van der Waals surface area (Å²) in [6, 6.07) is 17.2. The van der Waals surface area contributed by atoms with Crippen molar-refractivity contribution in [1.29, 1.82) is 5.26 Å². The molecule has 2 aliphatic heterocycles. The van der Waals surface area contributed by atoms with Crippen LogP contribution in [0.5, 0.6) is 5.75 Å². The average Bonchev–Trinajstić information content (AvgIpc) is 2.78. The number of carbonyl (C=O) groups excluding carboxylic acids is 1. The summed E-state index contributed by atoms with van der Waals surface area (Å²) in [5.74, 6) is 0.724. The molecule has 2 aromatic carbocycles. The zero-order chi connectivity index (χ0) is 21.9. The maximum absolute atomic E-state index is 12.1. The van der Waals surface area contributed by atoms with Gasteiger partial charge in [0.25, 0.3) is 0 Å². The maximum Gasteiger partial charge on any atom is 0.407 e. The molecule has 2 aromatic rings. The summed E-state index contributed by atoms with van der Waals surface area (Å²) in [7, 11) is -3.07. The van der Waals surface area contributed by atoms with E-state index in [0.717, 1.165) is 16.7 Å². The van der Waals surface area contributed by atoms with E-state index >= 15 is 0 Å². The molecular weight excluding hydrogens is 416 g/mol. The van der Waals surface area contributed by atoms with E-state index in [9.17, 15) is 18.5 Å². The van der Waals surface area contributed by atoms with Crippen molar-refractivity contribution in [2.24, 2.45) is 0 Å². The van der Waals surface area contributed by atoms with Crippen LogP contribution in [-0.2, 0) is 33.0 Å². The summed E-state index contributed by atoms with van der Waals surface area (Å²) < 4.78 is 34.7. The van der Waals surface area contributed by atoms with Crippen LogP contribution in [-0.4, -0.2) is 38.7 Å². The number of rotatable bonds is 4. The number of nitrogens with one attached hydrogen (secondary N) is 1. The molecule has 2 heterocycles. The summed E-state index contributed by atoms with van der Waals surface area (Å²) in [5.41, 5.74) is 1.83. The molecule has 0 aliphatic carbocycles. The van der Waals surface area contributed by atoms with E-state index in [1.54, 1.807) is 0 Å². The number of fused-ring (bicyclic) bond motifs is 1. The van der Waals surface area contributed by atoms with Crippen LogP contribution < -0.4 is 10.1 Å². The van der Waals surface area contributed by atoms with Gasteiger partial charge in [-0.15, -0.1) is 0 Å². The van der Waals surface area contributed by atoms with E-state index < -0.39 is 21.3 Å². The number of sulfone groups is 1. The molecule has 0 spiro atoms. The van der Waals surface area contributed by atoms with Crippen LogP contribution in [0.15, 0.2) is 48.5 Å². The van der Waals surface area contributed by atoms with Crippen molar-refractivity contribution in [2.75, 3.05) is 18.1 Å². The third-order valence-corrected chi connectivity index (χ3v) is 7.61. The van der Waals surface area contributed by atoms with Gasteiger partial charge in [0.2, 0.25) is 0 Å². The summed E-state index contributed by atoms with van der Waals surface area (Å²) in [4.78, 5) is 12.1. The Morgan fingerprint density at radius 2 is 1.94 bits per heavy atom. The lowest BCUT2D eigenvalue weighted by atomic mass is 9.76. The first-order valence-corrected chi connectivity index (χ1v) is 12.1. The van der Waals surface area contributed by atoms with Crippen molar-refractivity contribution in [3.8, 4) is 11.8 Å². The van der Waals surface area contributed by atoms with Gasteiger partial charge in [-0.2, -0.15) is 5.26 Å². The number of amides is 1. The summed E-state index contributed by atoms with van der Waals surface area (Å²) in [5, 5.41) is 12.6. The van der Waals surface area contributed by atoms with Crippen molar-refractivity contribution < 1.29 is 22.7 Å². The van der Waals surface area contributed by atoms with Crippen LogP contribution in [0.2, 0.25) is 0 Å². The molecule has 0 bridgehead atoms. The fourth-order valence-electron chi connectivity index (χ4n) is 4.05. The largest absolute Gasteiger partial charge is 0.491 e. The van der Waals surface area contributed by atoms with Gasteiger partial charge in [0, 0.05) is 0 Å². The first-order chi connectivity index (χ1) is 14.9. The van der Waals surface area contributed by atoms with Crippen LogP contribution in [0.25, 0.3) is 0 Å². The predicted octanol–water partition coefficient (Wildman–Crippen LogP) is 2.89. The Hall–Kier alpha value is -3.05.